The molecule has 7 heteroatoms. The highest BCUT2D eigenvalue weighted by atomic mass is 19.1. The molecule has 1 aliphatic heterocycles. The van der Waals surface area contributed by atoms with E-state index in [9.17, 15) is 18.4 Å². The van der Waals surface area contributed by atoms with Crippen LogP contribution in [-0.4, -0.2) is 30.9 Å². The summed E-state index contributed by atoms with van der Waals surface area (Å²) in [6, 6.07) is 19.8. The lowest BCUT2D eigenvalue weighted by molar-refractivity contribution is 0.0927. The van der Waals surface area contributed by atoms with Crippen molar-refractivity contribution in [3.8, 4) is 0 Å². The number of hydrogen-bond donors (Lipinski definition) is 2. The molecule has 2 amide bonds. The van der Waals surface area contributed by atoms with Gasteiger partial charge in [-0.05, 0) is 49.6 Å². The van der Waals surface area contributed by atoms with Gasteiger partial charge in [0, 0.05) is 36.4 Å². The average Bonchev–Trinajstić information content (AvgIpc) is 2.84. The Kier molecular flexibility index (Phi) is 7.21. The molecule has 0 bridgehead atoms. The maximum atomic E-state index is 13.4. The molecule has 0 aromatic heterocycles. The molecule has 176 valence electrons. The summed E-state index contributed by atoms with van der Waals surface area (Å²) in [5, 5.41) is 5.94. The van der Waals surface area contributed by atoms with Crippen LogP contribution in [0.5, 0.6) is 0 Å². The van der Waals surface area contributed by atoms with Crippen molar-refractivity contribution in [1.29, 1.82) is 0 Å². The summed E-state index contributed by atoms with van der Waals surface area (Å²) < 4.78 is 26.9. The van der Waals surface area contributed by atoms with Crippen molar-refractivity contribution >= 4 is 17.5 Å². The summed E-state index contributed by atoms with van der Waals surface area (Å²) in [4.78, 5) is 27.6. The third kappa shape index (κ3) is 5.60. The van der Waals surface area contributed by atoms with Gasteiger partial charge in [-0.3, -0.25) is 9.59 Å². The van der Waals surface area contributed by atoms with Gasteiger partial charge >= 0.3 is 0 Å². The molecule has 4 rings (SSSR count). The summed E-state index contributed by atoms with van der Waals surface area (Å²) in [5.41, 5.74) is 2.44. The van der Waals surface area contributed by atoms with Gasteiger partial charge in [0.25, 0.3) is 11.8 Å². The van der Waals surface area contributed by atoms with Gasteiger partial charge in [0.2, 0.25) is 0 Å². The second-order valence-corrected chi connectivity index (χ2v) is 8.52. The second-order valence-electron chi connectivity index (χ2n) is 8.52. The van der Waals surface area contributed by atoms with Crippen LogP contribution < -0.4 is 15.5 Å². The lowest BCUT2D eigenvalue weighted by Gasteiger charge is -2.35. The molecule has 3 aromatic rings. The van der Waals surface area contributed by atoms with E-state index in [2.05, 4.69) is 15.5 Å². The number of piperidine rings is 1. The molecule has 1 heterocycles. The maximum absolute atomic E-state index is 13.4. The molecule has 3 aromatic carbocycles. The molecule has 34 heavy (non-hydrogen) atoms. The first-order valence-electron chi connectivity index (χ1n) is 11.4. The van der Waals surface area contributed by atoms with E-state index in [0.717, 1.165) is 29.4 Å². The van der Waals surface area contributed by atoms with Crippen molar-refractivity contribution in [3.63, 3.8) is 0 Å². The molecule has 0 aliphatic carbocycles. The van der Waals surface area contributed by atoms with Gasteiger partial charge < -0.3 is 15.5 Å². The maximum Gasteiger partial charge on any atom is 0.253 e. The zero-order valence-electron chi connectivity index (χ0n) is 18.9. The normalized spacial score (nSPS) is 15.0. The SMILES string of the molecule is C[C@H](NC(=O)c1ccccc1N1CCC(NC(=O)c2cc(F)cc(F)c2)CC1)c1ccccc1. The molecule has 0 radical (unpaired) electrons. The van der Waals surface area contributed by atoms with Gasteiger partial charge in [-0.25, -0.2) is 8.78 Å². The van der Waals surface area contributed by atoms with Crippen molar-refractivity contribution < 1.29 is 18.4 Å². The summed E-state index contributed by atoms with van der Waals surface area (Å²) in [6.45, 7) is 3.23. The minimum absolute atomic E-state index is 0.0329. The molecule has 1 atom stereocenters. The van der Waals surface area contributed by atoms with Crippen molar-refractivity contribution in [1.82, 2.24) is 10.6 Å². The van der Waals surface area contributed by atoms with Crippen LogP contribution in [0.4, 0.5) is 14.5 Å². The number of anilines is 1. The minimum Gasteiger partial charge on any atom is -0.371 e. The quantitative estimate of drug-likeness (QED) is 0.549. The largest absolute Gasteiger partial charge is 0.371 e. The van der Waals surface area contributed by atoms with E-state index < -0.39 is 17.5 Å². The molecule has 5 nitrogen and oxygen atoms in total. The summed E-state index contributed by atoms with van der Waals surface area (Å²) in [5.74, 6) is -2.20. The zero-order valence-corrected chi connectivity index (χ0v) is 18.9. The van der Waals surface area contributed by atoms with Gasteiger partial charge in [-0.1, -0.05) is 42.5 Å². The predicted octanol–water partition coefficient (Wildman–Crippen LogP) is 4.85. The van der Waals surface area contributed by atoms with Crippen LogP contribution in [0.2, 0.25) is 0 Å². The Balaban J connectivity index is 1.38. The third-order valence-corrected chi connectivity index (χ3v) is 6.09. The van der Waals surface area contributed by atoms with E-state index in [0.29, 0.717) is 31.5 Å². The zero-order chi connectivity index (χ0) is 24.1. The Bertz CT molecular complexity index is 1140. The number of nitrogens with zero attached hydrogens (tertiary/aromatic N) is 1. The van der Waals surface area contributed by atoms with Crippen LogP contribution in [0.25, 0.3) is 0 Å². The third-order valence-electron chi connectivity index (χ3n) is 6.09. The summed E-state index contributed by atoms with van der Waals surface area (Å²) in [6.07, 6.45) is 1.31. The van der Waals surface area contributed by atoms with Crippen LogP contribution in [0.15, 0.2) is 72.8 Å². The molecule has 0 unspecified atom stereocenters. The number of hydrogen-bond acceptors (Lipinski definition) is 3. The predicted molar refractivity (Wildman–Crippen MR) is 128 cm³/mol. The number of carbonyl (C=O) groups excluding carboxylic acids is 2. The Morgan fingerprint density at radius 2 is 1.50 bits per heavy atom. The Morgan fingerprint density at radius 3 is 2.18 bits per heavy atom. The fraction of sp³-hybridized carbons (Fsp3) is 0.259. The Labute approximate surface area is 197 Å². The second kappa shape index (κ2) is 10.5. The van der Waals surface area contributed by atoms with E-state index >= 15 is 0 Å². The molecule has 1 saturated heterocycles. The van der Waals surface area contributed by atoms with Crippen molar-refractivity contribution in [2.75, 3.05) is 18.0 Å². The summed E-state index contributed by atoms with van der Waals surface area (Å²) >= 11 is 0. The summed E-state index contributed by atoms with van der Waals surface area (Å²) in [7, 11) is 0. The van der Waals surface area contributed by atoms with Gasteiger partial charge in [0.05, 0.1) is 11.6 Å². The van der Waals surface area contributed by atoms with Crippen LogP contribution in [-0.2, 0) is 0 Å². The van der Waals surface area contributed by atoms with Crippen LogP contribution in [0.3, 0.4) is 0 Å². The van der Waals surface area contributed by atoms with E-state index in [1.54, 1.807) is 0 Å². The Hall–Kier alpha value is -3.74. The number of para-hydroxylation sites is 1. The number of rotatable bonds is 6. The molecular weight excluding hydrogens is 436 g/mol. The number of nitrogens with one attached hydrogen (secondary N) is 2. The fourth-order valence-corrected chi connectivity index (χ4v) is 4.26. The van der Waals surface area contributed by atoms with Crippen molar-refractivity contribution in [3.05, 3.63) is 101 Å². The lowest BCUT2D eigenvalue weighted by atomic mass is 10.0. The average molecular weight is 464 g/mol. The number of carbonyl (C=O) groups is 2. The van der Waals surface area contributed by atoms with Crippen LogP contribution in [0, 0.1) is 11.6 Å². The highest BCUT2D eigenvalue weighted by molar-refractivity contribution is 6.00. The monoisotopic (exact) mass is 463 g/mol. The van der Waals surface area contributed by atoms with Crippen molar-refractivity contribution in [2.45, 2.75) is 31.8 Å². The molecule has 0 saturated carbocycles. The number of benzene rings is 3. The van der Waals surface area contributed by atoms with Gasteiger partial charge in [0.1, 0.15) is 11.6 Å². The number of amides is 2. The highest BCUT2D eigenvalue weighted by Crippen LogP contribution is 2.25. The fourth-order valence-electron chi connectivity index (χ4n) is 4.26. The first-order valence-corrected chi connectivity index (χ1v) is 11.4. The van der Waals surface area contributed by atoms with Crippen LogP contribution in [0.1, 0.15) is 52.1 Å². The van der Waals surface area contributed by atoms with Crippen molar-refractivity contribution in [2.24, 2.45) is 0 Å². The van der Waals surface area contributed by atoms with E-state index in [-0.39, 0.29) is 23.6 Å². The molecule has 1 aliphatic rings. The van der Waals surface area contributed by atoms with E-state index in [1.165, 1.54) is 0 Å². The topological polar surface area (TPSA) is 61.4 Å². The van der Waals surface area contributed by atoms with Gasteiger partial charge in [-0.15, -0.1) is 0 Å². The van der Waals surface area contributed by atoms with E-state index in [4.69, 9.17) is 0 Å². The molecular formula is C27H27F2N3O2. The minimum atomic E-state index is -0.781. The smallest absolute Gasteiger partial charge is 0.253 e. The Morgan fingerprint density at radius 1 is 0.882 bits per heavy atom. The number of halogens is 2. The first kappa shape index (κ1) is 23.4. The lowest BCUT2D eigenvalue weighted by Crippen LogP contribution is -2.45. The van der Waals surface area contributed by atoms with Gasteiger partial charge in [-0.2, -0.15) is 0 Å². The van der Waals surface area contributed by atoms with Gasteiger partial charge in [0.15, 0.2) is 0 Å². The van der Waals surface area contributed by atoms with Crippen LogP contribution >= 0.6 is 0 Å². The first-order chi connectivity index (χ1) is 16.4. The van der Waals surface area contributed by atoms with E-state index in [1.807, 2.05) is 61.5 Å². The standard InChI is InChI=1S/C27H27F2N3O2/c1-18(19-7-3-2-4-8-19)30-27(34)24-9-5-6-10-25(24)32-13-11-23(12-14-32)31-26(33)20-15-21(28)17-22(29)16-20/h2-10,15-18,23H,11-14H2,1H3,(H,30,34)(H,31,33)/t18-/m0/s1. The molecule has 1 fully saturated rings. The highest BCUT2D eigenvalue weighted by Gasteiger charge is 2.25. The molecule has 0 spiro atoms. The molecule has 2 N–H and O–H groups in total.